The van der Waals surface area contributed by atoms with E-state index in [1.165, 1.54) is 38.5 Å². The van der Waals surface area contributed by atoms with E-state index in [-0.39, 0.29) is 12.2 Å². The van der Waals surface area contributed by atoms with Crippen molar-refractivity contribution in [2.75, 3.05) is 0 Å². The van der Waals surface area contributed by atoms with Crippen molar-refractivity contribution in [2.24, 2.45) is 0 Å². The molecule has 2 N–H and O–H groups in total. The first-order valence-electron chi connectivity index (χ1n) is 9.31. The van der Waals surface area contributed by atoms with Gasteiger partial charge in [0.1, 0.15) is 0 Å². The second-order valence-electron chi connectivity index (χ2n) is 6.71. The molecule has 130 valence electrons. The fourth-order valence-electron chi connectivity index (χ4n) is 3.22. The van der Waals surface area contributed by atoms with Crippen LogP contribution in [0, 0.1) is 0 Å². The average molecular weight is 312 g/mol. The zero-order chi connectivity index (χ0) is 16.2. The molecule has 0 aliphatic carbocycles. The molecule has 0 saturated carbocycles. The highest BCUT2D eigenvalue weighted by molar-refractivity contribution is 4.85. The van der Waals surface area contributed by atoms with Crippen molar-refractivity contribution in [3.8, 4) is 0 Å². The Bertz CT molecular complexity index is 280. The van der Waals surface area contributed by atoms with Crippen LogP contribution < -0.4 is 0 Å². The van der Waals surface area contributed by atoms with Crippen molar-refractivity contribution in [3.63, 3.8) is 0 Å². The predicted octanol–water partition coefficient (Wildman–Crippen LogP) is 4.36. The Hall–Kier alpha value is -0.380. The number of unbranched alkanes of at least 4 members (excludes halogenated alkanes) is 7. The number of hydrogen-bond acceptors (Lipinski definition) is 3. The molecular weight excluding hydrogens is 276 g/mol. The molecule has 22 heavy (non-hydrogen) atoms. The highest BCUT2D eigenvalue weighted by Gasteiger charge is 2.36. The SMILES string of the molecule is C=CCCCCCCC[C@H](O)[C@H]1C[C@@H](O)[C@@H](CCCCC)O1. The summed E-state index contributed by atoms with van der Waals surface area (Å²) in [7, 11) is 0. The average Bonchev–Trinajstić information content (AvgIpc) is 2.88. The molecule has 1 aliphatic heterocycles. The highest BCUT2D eigenvalue weighted by Crippen LogP contribution is 2.28. The molecule has 0 aromatic carbocycles. The van der Waals surface area contributed by atoms with Gasteiger partial charge in [0.2, 0.25) is 0 Å². The third-order valence-electron chi connectivity index (χ3n) is 4.68. The quantitative estimate of drug-likeness (QED) is 0.392. The number of allylic oxidation sites excluding steroid dienone is 1. The van der Waals surface area contributed by atoms with E-state index in [0.29, 0.717) is 6.42 Å². The van der Waals surface area contributed by atoms with Crippen LogP contribution in [0.5, 0.6) is 0 Å². The molecule has 1 rings (SSSR count). The molecule has 1 saturated heterocycles. The lowest BCUT2D eigenvalue weighted by Crippen LogP contribution is -2.26. The minimum Gasteiger partial charge on any atom is -0.390 e. The van der Waals surface area contributed by atoms with Gasteiger partial charge in [-0.05, 0) is 25.7 Å². The van der Waals surface area contributed by atoms with E-state index >= 15 is 0 Å². The van der Waals surface area contributed by atoms with Crippen molar-refractivity contribution < 1.29 is 14.9 Å². The molecule has 0 radical (unpaired) electrons. The Morgan fingerprint density at radius 2 is 1.86 bits per heavy atom. The Balaban J connectivity index is 2.10. The molecule has 0 amide bonds. The van der Waals surface area contributed by atoms with Crippen molar-refractivity contribution in [3.05, 3.63) is 12.7 Å². The van der Waals surface area contributed by atoms with Gasteiger partial charge in [0, 0.05) is 6.42 Å². The third-order valence-corrected chi connectivity index (χ3v) is 4.68. The van der Waals surface area contributed by atoms with Crippen LogP contribution in [0.25, 0.3) is 0 Å². The Labute approximate surface area is 136 Å². The lowest BCUT2D eigenvalue weighted by Gasteiger charge is -2.19. The molecule has 4 atom stereocenters. The lowest BCUT2D eigenvalue weighted by molar-refractivity contribution is -0.0498. The lowest BCUT2D eigenvalue weighted by atomic mass is 10.0. The molecule has 1 fully saturated rings. The Morgan fingerprint density at radius 1 is 1.14 bits per heavy atom. The summed E-state index contributed by atoms with van der Waals surface area (Å²) in [6, 6.07) is 0. The normalized spacial score (nSPS) is 26.2. The summed E-state index contributed by atoms with van der Waals surface area (Å²) in [5, 5.41) is 20.3. The van der Waals surface area contributed by atoms with Crippen LogP contribution in [-0.4, -0.2) is 34.6 Å². The smallest absolute Gasteiger partial charge is 0.0864 e. The minimum absolute atomic E-state index is 0.0647. The van der Waals surface area contributed by atoms with E-state index in [9.17, 15) is 10.2 Å². The largest absolute Gasteiger partial charge is 0.390 e. The van der Waals surface area contributed by atoms with E-state index < -0.39 is 12.2 Å². The summed E-state index contributed by atoms with van der Waals surface area (Å²) in [6.45, 7) is 5.91. The molecule has 3 nitrogen and oxygen atoms in total. The van der Waals surface area contributed by atoms with E-state index in [4.69, 9.17) is 4.74 Å². The van der Waals surface area contributed by atoms with Crippen LogP contribution in [0.2, 0.25) is 0 Å². The highest BCUT2D eigenvalue weighted by atomic mass is 16.5. The summed E-state index contributed by atoms with van der Waals surface area (Å²) in [5.74, 6) is 0. The molecule has 0 aromatic rings. The van der Waals surface area contributed by atoms with E-state index in [0.717, 1.165) is 32.1 Å². The number of aliphatic hydroxyl groups excluding tert-OH is 2. The number of hydrogen-bond donors (Lipinski definition) is 2. The van der Waals surface area contributed by atoms with Gasteiger partial charge >= 0.3 is 0 Å². The second kappa shape index (κ2) is 12.1. The predicted molar refractivity (Wildman–Crippen MR) is 91.9 cm³/mol. The van der Waals surface area contributed by atoms with Gasteiger partial charge in [-0.1, -0.05) is 57.9 Å². The zero-order valence-electron chi connectivity index (χ0n) is 14.4. The maximum atomic E-state index is 10.2. The Kier molecular flexibility index (Phi) is 10.8. The first-order chi connectivity index (χ1) is 10.7. The second-order valence-corrected chi connectivity index (χ2v) is 6.71. The van der Waals surface area contributed by atoms with Crippen molar-refractivity contribution in [1.82, 2.24) is 0 Å². The van der Waals surface area contributed by atoms with Crippen LogP contribution in [0.1, 0.15) is 84.0 Å². The molecular formula is C19H36O3. The van der Waals surface area contributed by atoms with Crippen LogP contribution >= 0.6 is 0 Å². The standard InChI is InChI=1S/C19H36O3/c1-3-5-7-8-9-10-12-13-16(20)19-15-17(21)18(22-19)14-11-6-4-2/h3,16-21H,1,4-15H2,2H3/t16-,17+,18+,19+/m0/s1. The van der Waals surface area contributed by atoms with E-state index in [1.807, 2.05) is 6.08 Å². The minimum atomic E-state index is -0.418. The molecule has 1 heterocycles. The molecule has 3 heteroatoms. The van der Waals surface area contributed by atoms with Crippen molar-refractivity contribution >= 4 is 0 Å². The van der Waals surface area contributed by atoms with Gasteiger partial charge in [-0.2, -0.15) is 0 Å². The molecule has 0 bridgehead atoms. The van der Waals surface area contributed by atoms with Gasteiger partial charge in [-0.25, -0.2) is 0 Å². The van der Waals surface area contributed by atoms with Gasteiger partial charge in [0.05, 0.1) is 24.4 Å². The topological polar surface area (TPSA) is 49.7 Å². The number of rotatable bonds is 13. The summed E-state index contributed by atoms with van der Waals surface area (Å²) in [5.41, 5.74) is 0. The summed E-state index contributed by atoms with van der Waals surface area (Å²) in [4.78, 5) is 0. The van der Waals surface area contributed by atoms with Gasteiger partial charge < -0.3 is 14.9 Å². The number of aliphatic hydroxyl groups is 2. The van der Waals surface area contributed by atoms with Gasteiger partial charge in [0.25, 0.3) is 0 Å². The maximum Gasteiger partial charge on any atom is 0.0864 e. The van der Waals surface area contributed by atoms with E-state index in [2.05, 4.69) is 13.5 Å². The first-order valence-corrected chi connectivity index (χ1v) is 9.31. The molecule has 0 unspecified atom stereocenters. The van der Waals surface area contributed by atoms with Crippen LogP contribution in [0.3, 0.4) is 0 Å². The molecule has 0 spiro atoms. The Morgan fingerprint density at radius 3 is 2.59 bits per heavy atom. The molecule has 1 aliphatic rings. The molecule has 0 aromatic heterocycles. The van der Waals surface area contributed by atoms with Crippen LogP contribution in [0.4, 0.5) is 0 Å². The van der Waals surface area contributed by atoms with Crippen LogP contribution in [-0.2, 0) is 4.74 Å². The van der Waals surface area contributed by atoms with Crippen molar-refractivity contribution in [1.29, 1.82) is 0 Å². The maximum absolute atomic E-state index is 10.2. The number of ether oxygens (including phenoxy) is 1. The van der Waals surface area contributed by atoms with Crippen molar-refractivity contribution in [2.45, 2.75) is 108 Å². The van der Waals surface area contributed by atoms with Gasteiger partial charge in [-0.15, -0.1) is 6.58 Å². The van der Waals surface area contributed by atoms with Gasteiger partial charge in [-0.3, -0.25) is 0 Å². The van der Waals surface area contributed by atoms with E-state index in [1.54, 1.807) is 0 Å². The summed E-state index contributed by atoms with van der Waals surface area (Å²) < 4.78 is 5.88. The zero-order valence-corrected chi connectivity index (χ0v) is 14.4. The monoisotopic (exact) mass is 312 g/mol. The third kappa shape index (κ3) is 7.75. The van der Waals surface area contributed by atoms with Gasteiger partial charge in [0.15, 0.2) is 0 Å². The first kappa shape index (κ1) is 19.7. The fourth-order valence-corrected chi connectivity index (χ4v) is 3.22. The summed E-state index contributed by atoms with van der Waals surface area (Å²) >= 11 is 0. The fraction of sp³-hybridized carbons (Fsp3) is 0.895. The summed E-state index contributed by atoms with van der Waals surface area (Å²) in [6.07, 6.45) is 13.7. The van der Waals surface area contributed by atoms with Crippen LogP contribution in [0.15, 0.2) is 12.7 Å².